The molecular weight excluding hydrogens is 402 g/mol. The molecule has 3 aliphatic rings. The molecular formula is C23H19NO7. The number of aromatic hydroxyl groups is 1. The first-order valence-electron chi connectivity index (χ1n) is 9.77. The molecule has 4 N–H and O–H groups in total. The van der Waals surface area contributed by atoms with Crippen LogP contribution in [0.1, 0.15) is 34.3 Å². The van der Waals surface area contributed by atoms with Crippen LogP contribution < -0.4 is 5.73 Å². The fraction of sp³-hybridized carbons (Fsp3) is 0.348. The first-order valence-corrected chi connectivity index (χ1v) is 9.77. The maximum absolute atomic E-state index is 13.3. The molecule has 0 aliphatic heterocycles. The number of nitrogens with two attached hydrogens (primary N) is 1. The molecule has 8 heteroatoms. The Morgan fingerprint density at radius 3 is 2.55 bits per heavy atom. The minimum atomic E-state index is -2.64. The van der Waals surface area contributed by atoms with Crippen molar-refractivity contribution in [3.8, 4) is 18.1 Å². The Balaban J connectivity index is 1.82. The second-order valence-corrected chi connectivity index (χ2v) is 8.27. The number of ketones is 4. The van der Waals surface area contributed by atoms with E-state index in [0.717, 1.165) is 0 Å². The molecule has 31 heavy (non-hydrogen) atoms. The molecule has 3 aliphatic carbocycles. The highest BCUT2D eigenvalue weighted by Gasteiger charge is 2.66. The summed E-state index contributed by atoms with van der Waals surface area (Å²) in [6.07, 6.45) is 8.21. The van der Waals surface area contributed by atoms with Gasteiger partial charge in [0.1, 0.15) is 5.75 Å². The van der Waals surface area contributed by atoms with E-state index in [1.807, 2.05) is 0 Å². The number of rotatable bonds is 2. The minimum Gasteiger partial charge on any atom is -0.507 e. The molecule has 0 heterocycles. The van der Waals surface area contributed by atoms with E-state index in [1.165, 1.54) is 12.1 Å². The predicted octanol–water partition coefficient (Wildman–Crippen LogP) is -0.0267. The van der Waals surface area contributed by atoms with Crippen molar-refractivity contribution in [3.63, 3.8) is 0 Å². The first-order chi connectivity index (χ1) is 14.6. The standard InChI is InChI=1S/C23H19NO7/c1-2-3-4-10-5-6-14(25)17-13(10)8-11-7-12-9-15(26)18(22(24)30)21(29)23(12,31)20(28)16(11)19(17)27/h1,3-6,11-12,16,18,25,31H,7-9H2,(H2,24,30)/b4-3+/t11-,12+,16?,18?,23+/m1/s1. The van der Waals surface area contributed by atoms with Crippen LogP contribution in [0.3, 0.4) is 0 Å². The van der Waals surface area contributed by atoms with Crippen LogP contribution in [-0.2, 0) is 25.6 Å². The van der Waals surface area contributed by atoms with Crippen LogP contribution in [0.5, 0.6) is 5.75 Å². The number of fused-ring (bicyclic) bond motifs is 3. The lowest BCUT2D eigenvalue weighted by Gasteiger charge is -2.48. The molecule has 5 atom stereocenters. The number of phenols is 1. The molecule has 2 saturated carbocycles. The summed E-state index contributed by atoms with van der Waals surface area (Å²) in [6.45, 7) is 0. The molecule has 0 spiro atoms. The summed E-state index contributed by atoms with van der Waals surface area (Å²) in [5.74, 6) is -7.89. The van der Waals surface area contributed by atoms with Gasteiger partial charge in [0.15, 0.2) is 34.7 Å². The Morgan fingerprint density at radius 2 is 1.90 bits per heavy atom. The largest absolute Gasteiger partial charge is 0.507 e. The van der Waals surface area contributed by atoms with E-state index in [2.05, 4.69) is 5.92 Å². The number of terminal acetylenes is 1. The summed E-state index contributed by atoms with van der Waals surface area (Å²) in [5.41, 5.74) is 3.58. The van der Waals surface area contributed by atoms with Gasteiger partial charge in [0, 0.05) is 12.3 Å². The number of primary amides is 1. The van der Waals surface area contributed by atoms with Crippen LogP contribution >= 0.6 is 0 Å². The Labute approximate surface area is 177 Å². The number of amides is 1. The molecule has 0 aromatic heterocycles. The van der Waals surface area contributed by atoms with Gasteiger partial charge in [-0.25, -0.2) is 0 Å². The van der Waals surface area contributed by atoms with Gasteiger partial charge in [-0.1, -0.05) is 12.0 Å². The molecule has 1 amide bonds. The quantitative estimate of drug-likeness (QED) is 0.448. The highest BCUT2D eigenvalue weighted by atomic mass is 16.3. The number of hydrogen-bond acceptors (Lipinski definition) is 7. The van der Waals surface area contributed by atoms with Gasteiger partial charge in [0.2, 0.25) is 5.91 Å². The molecule has 158 valence electrons. The minimum absolute atomic E-state index is 0.0506. The number of aliphatic hydroxyl groups is 1. The average molecular weight is 421 g/mol. The van der Waals surface area contributed by atoms with Crippen LogP contribution in [0, 0.1) is 36.0 Å². The van der Waals surface area contributed by atoms with Gasteiger partial charge in [-0.15, -0.1) is 6.42 Å². The van der Waals surface area contributed by atoms with Crippen molar-refractivity contribution in [2.75, 3.05) is 0 Å². The molecule has 0 radical (unpaired) electrons. The number of Topliss-reactive ketones (excluding diaryl/α,β-unsaturated/α-hetero) is 4. The predicted molar refractivity (Wildman–Crippen MR) is 106 cm³/mol. The van der Waals surface area contributed by atoms with Gasteiger partial charge in [-0.05, 0) is 48.1 Å². The summed E-state index contributed by atoms with van der Waals surface area (Å²) in [7, 11) is 0. The topological polar surface area (TPSA) is 152 Å². The number of allylic oxidation sites excluding steroid dienone is 1. The van der Waals surface area contributed by atoms with Gasteiger partial charge in [-0.3, -0.25) is 24.0 Å². The summed E-state index contributed by atoms with van der Waals surface area (Å²) in [5, 5.41) is 21.4. The van der Waals surface area contributed by atoms with E-state index in [4.69, 9.17) is 12.2 Å². The number of carbonyl (C=O) groups excluding carboxylic acids is 5. The third kappa shape index (κ3) is 2.77. The normalized spacial score (nSPS) is 32.3. The maximum Gasteiger partial charge on any atom is 0.235 e. The molecule has 1 aromatic carbocycles. The molecule has 4 rings (SSSR count). The number of phenolic OH excluding ortho intramolecular Hbond substituents is 1. The average Bonchev–Trinajstić information content (AvgIpc) is 2.70. The Hall–Kier alpha value is -3.57. The van der Waals surface area contributed by atoms with Crippen LogP contribution in [0.15, 0.2) is 18.2 Å². The van der Waals surface area contributed by atoms with E-state index in [9.17, 15) is 34.2 Å². The molecule has 0 saturated heterocycles. The second-order valence-electron chi connectivity index (χ2n) is 8.27. The fourth-order valence-corrected chi connectivity index (χ4v) is 5.29. The van der Waals surface area contributed by atoms with Crippen molar-refractivity contribution < 1.29 is 34.2 Å². The Kier molecular flexibility index (Phi) is 4.67. The SMILES string of the molecule is C#C/C=C/c1ccc(O)c2c1C[C@H]1C[C@H]3CC(=O)C(C(N)=O)C(=O)[C@@]3(O)C(=O)C1C2=O. The van der Waals surface area contributed by atoms with Crippen LogP contribution in [-0.4, -0.2) is 44.9 Å². The van der Waals surface area contributed by atoms with E-state index in [-0.39, 0.29) is 30.6 Å². The zero-order valence-electron chi connectivity index (χ0n) is 16.3. The fourth-order valence-electron chi connectivity index (χ4n) is 5.29. The first kappa shape index (κ1) is 20.7. The summed E-state index contributed by atoms with van der Waals surface area (Å²) < 4.78 is 0. The third-order valence-electron chi connectivity index (χ3n) is 6.68. The lowest BCUT2D eigenvalue weighted by molar-refractivity contribution is -0.175. The smallest absolute Gasteiger partial charge is 0.235 e. The molecule has 1 aromatic rings. The van der Waals surface area contributed by atoms with E-state index < -0.39 is 58.3 Å². The van der Waals surface area contributed by atoms with E-state index in [0.29, 0.717) is 11.1 Å². The summed E-state index contributed by atoms with van der Waals surface area (Å²) in [4.78, 5) is 63.4. The van der Waals surface area contributed by atoms with Gasteiger partial charge in [0.05, 0.1) is 11.5 Å². The van der Waals surface area contributed by atoms with E-state index >= 15 is 0 Å². The summed E-state index contributed by atoms with van der Waals surface area (Å²) >= 11 is 0. The van der Waals surface area contributed by atoms with Crippen molar-refractivity contribution >= 4 is 35.1 Å². The zero-order valence-corrected chi connectivity index (χ0v) is 16.3. The van der Waals surface area contributed by atoms with Gasteiger partial charge in [-0.2, -0.15) is 0 Å². The van der Waals surface area contributed by atoms with Crippen molar-refractivity contribution in [2.45, 2.75) is 24.9 Å². The van der Waals surface area contributed by atoms with Crippen LogP contribution in [0.4, 0.5) is 0 Å². The number of benzene rings is 1. The number of hydrogen-bond donors (Lipinski definition) is 3. The summed E-state index contributed by atoms with van der Waals surface area (Å²) in [6, 6.07) is 2.91. The second kappa shape index (κ2) is 7.00. The van der Waals surface area contributed by atoms with Gasteiger partial charge in [0.25, 0.3) is 0 Å². The zero-order chi connectivity index (χ0) is 22.7. The lowest BCUT2D eigenvalue weighted by Crippen LogP contribution is -2.68. The Morgan fingerprint density at radius 1 is 1.19 bits per heavy atom. The van der Waals surface area contributed by atoms with Crippen LogP contribution in [0.25, 0.3) is 6.08 Å². The van der Waals surface area contributed by atoms with E-state index in [1.54, 1.807) is 12.1 Å². The van der Waals surface area contributed by atoms with Crippen molar-refractivity contribution in [1.82, 2.24) is 0 Å². The van der Waals surface area contributed by atoms with Crippen LogP contribution in [0.2, 0.25) is 0 Å². The monoisotopic (exact) mass is 421 g/mol. The highest BCUT2D eigenvalue weighted by Crippen LogP contribution is 2.50. The molecule has 0 bridgehead atoms. The van der Waals surface area contributed by atoms with Gasteiger partial charge < -0.3 is 15.9 Å². The third-order valence-corrected chi connectivity index (χ3v) is 6.68. The lowest BCUT2D eigenvalue weighted by atomic mass is 9.53. The molecule has 2 fully saturated rings. The highest BCUT2D eigenvalue weighted by molar-refractivity contribution is 6.31. The van der Waals surface area contributed by atoms with Crippen molar-refractivity contribution in [3.05, 3.63) is 34.9 Å². The number of carbonyl (C=O) groups is 5. The van der Waals surface area contributed by atoms with Gasteiger partial charge >= 0.3 is 0 Å². The maximum atomic E-state index is 13.3. The van der Waals surface area contributed by atoms with Crippen molar-refractivity contribution in [2.24, 2.45) is 29.4 Å². The molecule has 2 unspecified atom stereocenters. The molecule has 8 nitrogen and oxygen atoms in total. The van der Waals surface area contributed by atoms with Crippen molar-refractivity contribution in [1.29, 1.82) is 0 Å². The Bertz CT molecular complexity index is 1140.